The lowest BCUT2D eigenvalue weighted by molar-refractivity contribution is 0.249. The average molecular weight is 198 g/mol. The zero-order valence-corrected chi connectivity index (χ0v) is 10.2. The van der Waals surface area contributed by atoms with Crippen LogP contribution in [0.3, 0.4) is 0 Å². The van der Waals surface area contributed by atoms with Crippen LogP contribution in [-0.4, -0.2) is 36.6 Å². The van der Waals surface area contributed by atoms with Crippen LogP contribution in [0.15, 0.2) is 0 Å². The summed E-state index contributed by atoms with van der Waals surface area (Å²) in [5.74, 6) is 0.742. The molecule has 1 saturated heterocycles. The number of rotatable bonds is 5. The second-order valence-corrected chi connectivity index (χ2v) is 4.87. The molecule has 0 aromatic carbocycles. The molecule has 2 nitrogen and oxygen atoms in total. The molecule has 2 atom stereocenters. The van der Waals surface area contributed by atoms with Crippen molar-refractivity contribution in [1.82, 2.24) is 10.2 Å². The van der Waals surface area contributed by atoms with Gasteiger partial charge in [-0.1, -0.05) is 20.8 Å². The highest BCUT2D eigenvalue weighted by atomic mass is 15.2. The van der Waals surface area contributed by atoms with Crippen molar-refractivity contribution in [2.24, 2.45) is 5.92 Å². The van der Waals surface area contributed by atoms with E-state index in [-0.39, 0.29) is 0 Å². The highest BCUT2D eigenvalue weighted by Gasteiger charge is 2.23. The van der Waals surface area contributed by atoms with Crippen LogP contribution in [-0.2, 0) is 0 Å². The molecule has 0 saturated carbocycles. The summed E-state index contributed by atoms with van der Waals surface area (Å²) in [4.78, 5) is 2.60. The summed E-state index contributed by atoms with van der Waals surface area (Å²) < 4.78 is 0. The molecule has 0 bridgehead atoms. The third kappa shape index (κ3) is 3.25. The Balaban J connectivity index is 2.23. The number of hydrogen-bond donors (Lipinski definition) is 1. The molecule has 14 heavy (non-hydrogen) atoms. The summed E-state index contributed by atoms with van der Waals surface area (Å²) in [6, 6.07) is 1.44. The molecule has 0 radical (unpaired) electrons. The third-order valence-corrected chi connectivity index (χ3v) is 3.58. The second-order valence-electron chi connectivity index (χ2n) is 4.87. The summed E-state index contributed by atoms with van der Waals surface area (Å²) in [6.45, 7) is 12.8. The minimum Gasteiger partial charge on any atom is -0.312 e. The first-order valence-electron chi connectivity index (χ1n) is 6.12. The van der Waals surface area contributed by atoms with Crippen LogP contribution in [0.5, 0.6) is 0 Å². The van der Waals surface area contributed by atoms with Gasteiger partial charge in [0.25, 0.3) is 0 Å². The molecule has 0 spiro atoms. The van der Waals surface area contributed by atoms with E-state index >= 15 is 0 Å². The fraction of sp³-hybridized carbons (Fsp3) is 1.00. The van der Waals surface area contributed by atoms with Gasteiger partial charge in [0.05, 0.1) is 0 Å². The molecule has 0 amide bonds. The molecule has 0 aromatic rings. The van der Waals surface area contributed by atoms with Gasteiger partial charge in [0.2, 0.25) is 0 Å². The Morgan fingerprint density at radius 1 is 1.36 bits per heavy atom. The lowest BCUT2D eigenvalue weighted by atomic mass is 10.1. The van der Waals surface area contributed by atoms with Gasteiger partial charge in [-0.05, 0) is 38.8 Å². The Bertz CT molecular complexity index is 156. The Morgan fingerprint density at radius 3 is 2.64 bits per heavy atom. The monoisotopic (exact) mass is 198 g/mol. The maximum absolute atomic E-state index is 3.65. The molecule has 84 valence electrons. The number of likely N-dealkylation sites (tertiary alicyclic amines) is 1. The third-order valence-electron chi connectivity index (χ3n) is 3.58. The molecule has 0 aliphatic carbocycles. The van der Waals surface area contributed by atoms with E-state index < -0.39 is 0 Å². The summed E-state index contributed by atoms with van der Waals surface area (Å²) in [5, 5.41) is 3.65. The SMILES string of the molecule is CCN1CCC[C@H]1CN[C@@H](C)C(C)C. The van der Waals surface area contributed by atoms with Gasteiger partial charge in [0.15, 0.2) is 0 Å². The van der Waals surface area contributed by atoms with Gasteiger partial charge in [-0.2, -0.15) is 0 Å². The molecule has 1 fully saturated rings. The minimum absolute atomic E-state index is 0.648. The highest BCUT2D eigenvalue weighted by molar-refractivity contribution is 4.81. The normalized spacial score (nSPS) is 25.9. The van der Waals surface area contributed by atoms with E-state index in [1.807, 2.05) is 0 Å². The molecule has 1 aliphatic heterocycles. The first kappa shape index (κ1) is 12.0. The summed E-state index contributed by atoms with van der Waals surface area (Å²) in [6.07, 6.45) is 2.77. The van der Waals surface area contributed by atoms with E-state index in [0.717, 1.165) is 12.0 Å². The van der Waals surface area contributed by atoms with Gasteiger partial charge in [-0.15, -0.1) is 0 Å². The van der Waals surface area contributed by atoms with Crippen molar-refractivity contribution >= 4 is 0 Å². The summed E-state index contributed by atoms with van der Waals surface area (Å²) >= 11 is 0. The lowest BCUT2D eigenvalue weighted by Gasteiger charge is -2.26. The van der Waals surface area contributed by atoms with Gasteiger partial charge >= 0.3 is 0 Å². The molecule has 0 aromatic heterocycles. The van der Waals surface area contributed by atoms with E-state index in [4.69, 9.17) is 0 Å². The van der Waals surface area contributed by atoms with Crippen LogP contribution in [0.4, 0.5) is 0 Å². The Labute approximate surface area is 89.1 Å². The van der Waals surface area contributed by atoms with Crippen LogP contribution in [0.2, 0.25) is 0 Å². The van der Waals surface area contributed by atoms with E-state index in [2.05, 4.69) is 37.9 Å². The predicted molar refractivity (Wildman–Crippen MR) is 62.6 cm³/mol. The molecule has 1 aliphatic rings. The van der Waals surface area contributed by atoms with Crippen molar-refractivity contribution in [1.29, 1.82) is 0 Å². The first-order valence-corrected chi connectivity index (χ1v) is 6.12. The number of nitrogens with zero attached hydrogens (tertiary/aromatic N) is 1. The Kier molecular flexibility index (Phi) is 4.90. The lowest BCUT2D eigenvalue weighted by Crippen LogP contribution is -2.42. The zero-order chi connectivity index (χ0) is 10.6. The smallest absolute Gasteiger partial charge is 0.0221 e. The van der Waals surface area contributed by atoms with E-state index in [1.54, 1.807) is 0 Å². The van der Waals surface area contributed by atoms with Gasteiger partial charge in [-0.25, -0.2) is 0 Å². The minimum atomic E-state index is 0.648. The van der Waals surface area contributed by atoms with Crippen LogP contribution in [0, 0.1) is 5.92 Å². The molecular formula is C12H26N2. The molecule has 1 heterocycles. The molecule has 0 unspecified atom stereocenters. The largest absolute Gasteiger partial charge is 0.312 e. The molecule has 2 heteroatoms. The van der Waals surface area contributed by atoms with E-state index in [1.165, 1.54) is 32.5 Å². The quantitative estimate of drug-likeness (QED) is 0.728. The predicted octanol–water partition coefficient (Wildman–Crippen LogP) is 2.10. The van der Waals surface area contributed by atoms with Crippen LogP contribution in [0.1, 0.15) is 40.5 Å². The van der Waals surface area contributed by atoms with Crippen molar-refractivity contribution < 1.29 is 0 Å². The number of likely N-dealkylation sites (N-methyl/N-ethyl adjacent to an activating group) is 1. The molecule has 1 rings (SSSR count). The number of hydrogen-bond acceptors (Lipinski definition) is 2. The van der Waals surface area contributed by atoms with Crippen LogP contribution in [0.25, 0.3) is 0 Å². The topological polar surface area (TPSA) is 15.3 Å². The van der Waals surface area contributed by atoms with Crippen molar-refractivity contribution in [3.8, 4) is 0 Å². The fourth-order valence-corrected chi connectivity index (χ4v) is 2.10. The first-order chi connectivity index (χ1) is 6.65. The number of nitrogens with one attached hydrogen (secondary N) is 1. The average Bonchev–Trinajstić information content (AvgIpc) is 2.60. The van der Waals surface area contributed by atoms with Crippen molar-refractivity contribution in [3.63, 3.8) is 0 Å². The maximum atomic E-state index is 3.65. The van der Waals surface area contributed by atoms with Crippen molar-refractivity contribution in [2.75, 3.05) is 19.6 Å². The standard InChI is InChI=1S/C12H26N2/c1-5-14-8-6-7-12(14)9-13-11(4)10(2)3/h10-13H,5-9H2,1-4H3/t11-,12-/m0/s1. The molecular weight excluding hydrogens is 172 g/mol. The zero-order valence-electron chi connectivity index (χ0n) is 10.2. The molecule has 1 N–H and O–H groups in total. The van der Waals surface area contributed by atoms with E-state index in [0.29, 0.717) is 6.04 Å². The van der Waals surface area contributed by atoms with E-state index in [9.17, 15) is 0 Å². The van der Waals surface area contributed by atoms with Crippen molar-refractivity contribution in [2.45, 2.75) is 52.6 Å². The summed E-state index contributed by atoms with van der Waals surface area (Å²) in [7, 11) is 0. The van der Waals surface area contributed by atoms with Crippen LogP contribution >= 0.6 is 0 Å². The second kappa shape index (κ2) is 5.72. The van der Waals surface area contributed by atoms with Gasteiger partial charge in [-0.3, -0.25) is 4.90 Å². The summed E-state index contributed by atoms with van der Waals surface area (Å²) in [5.41, 5.74) is 0. The van der Waals surface area contributed by atoms with Crippen LogP contribution < -0.4 is 5.32 Å². The van der Waals surface area contributed by atoms with Crippen molar-refractivity contribution in [3.05, 3.63) is 0 Å². The highest BCUT2D eigenvalue weighted by Crippen LogP contribution is 2.16. The Morgan fingerprint density at radius 2 is 2.07 bits per heavy atom. The van der Waals surface area contributed by atoms with Gasteiger partial charge in [0.1, 0.15) is 0 Å². The van der Waals surface area contributed by atoms with Gasteiger partial charge in [0, 0.05) is 18.6 Å². The maximum Gasteiger partial charge on any atom is 0.0221 e. The van der Waals surface area contributed by atoms with Gasteiger partial charge < -0.3 is 5.32 Å². The Hall–Kier alpha value is -0.0800. The fourth-order valence-electron chi connectivity index (χ4n) is 2.10.